The molecular weight excluding hydrogens is 388 g/mol. The van der Waals surface area contributed by atoms with E-state index in [0.29, 0.717) is 21.6 Å². The van der Waals surface area contributed by atoms with Crippen LogP contribution in [0.4, 0.5) is 17.1 Å². The molecule has 140 valence electrons. The van der Waals surface area contributed by atoms with Gasteiger partial charge in [-0.25, -0.2) is 4.99 Å². The van der Waals surface area contributed by atoms with E-state index in [9.17, 15) is 14.9 Å². The smallest absolute Gasteiger partial charge is 0.271 e. The molecule has 1 aliphatic heterocycles. The van der Waals surface area contributed by atoms with Crippen LogP contribution in [0.3, 0.4) is 0 Å². The van der Waals surface area contributed by atoms with Gasteiger partial charge in [-0.2, -0.15) is 0 Å². The van der Waals surface area contributed by atoms with Gasteiger partial charge in [-0.15, -0.1) is 0 Å². The van der Waals surface area contributed by atoms with E-state index >= 15 is 0 Å². The number of halogens is 1. The molecule has 0 aliphatic carbocycles. The van der Waals surface area contributed by atoms with Gasteiger partial charge in [0.05, 0.1) is 10.6 Å². The first-order chi connectivity index (χ1) is 12.9. The number of amidine groups is 1. The second-order valence-corrected chi connectivity index (χ2v) is 7.36. The summed E-state index contributed by atoms with van der Waals surface area (Å²) in [6.07, 6.45) is -0.217. The zero-order chi connectivity index (χ0) is 19.6. The summed E-state index contributed by atoms with van der Waals surface area (Å²) >= 11 is 7.45. The standard InChI is InChI=1S/C18H17ClN4O3S/c1-12(24)22(15-8-6-13(19)7-9-15)17-11-27-18(21(17)2)20-14-4-3-5-16(10-14)23(25)26/h3-10,17H,11H2,1-2H3. The average Bonchev–Trinajstić information content (AvgIpc) is 2.97. The van der Waals surface area contributed by atoms with Crippen LogP contribution in [0.15, 0.2) is 53.5 Å². The van der Waals surface area contributed by atoms with Crippen molar-refractivity contribution >= 4 is 51.5 Å². The Balaban J connectivity index is 1.87. The summed E-state index contributed by atoms with van der Waals surface area (Å²) in [5, 5.41) is 12.2. The third-order valence-electron chi connectivity index (χ3n) is 4.12. The number of hydrogen-bond acceptors (Lipinski definition) is 5. The van der Waals surface area contributed by atoms with Crippen LogP contribution >= 0.6 is 23.4 Å². The van der Waals surface area contributed by atoms with E-state index < -0.39 is 4.92 Å². The maximum absolute atomic E-state index is 12.3. The summed E-state index contributed by atoms with van der Waals surface area (Å²) < 4.78 is 0. The molecule has 0 aromatic heterocycles. The Kier molecular flexibility index (Phi) is 5.67. The Hall–Kier alpha value is -2.58. The third-order valence-corrected chi connectivity index (χ3v) is 5.47. The lowest BCUT2D eigenvalue weighted by atomic mass is 10.2. The minimum absolute atomic E-state index is 0.00873. The number of carbonyl (C=O) groups is 1. The van der Waals surface area contributed by atoms with Gasteiger partial charge in [0.2, 0.25) is 5.91 Å². The number of anilines is 1. The van der Waals surface area contributed by atoms with Crippen molar-refractivity contribution in [2.24, 2.45) is 4.99 Å². The third kappa shape index (κ3) is 4.23. The van der Waals surface area contributed by atoms with Crippen molar-refractivity contribution in [2.45, 2.75) is 13.1 Å². The summed E-state index contributed by atoms with van der Waals surface area (Å²) in [6, 6.07) is 13.3. The van der Waals surface area contributed by atoms with E-state index in [2.05, 4.69) is 4.99 Å². The molecule has 1 aliphatic rings. The van der Waals surface area contributed by atoms with Crippen molar-refractivity contribution in [3.8, 4) is 0 Å². The van der Waals surface area contributed by atoms with E-state index in [1.807, 2.05) is 11.9 Å². The first-order valence-corrected chi connectivity index (χ1v) is 9.47. The lowest BCUT2D eigenvalue weighted by Crippen LogP contribution is -2.48. The highest BCUT2D eigenvalue weighted by atomic mass is 35.5. The van der Waals surface area contributed by atoms with Crippen LogP contribution in [0, 0.1) is 10.1 Å². The normalized spacial score (nSPS) is 18.0. The highest BCUT2D eigenvalue weighted by Crippen LogP contribution is 2.31. The van der Waals surface area contributed by atoms with Gasteiger partial charge in [0, 0.05) is 42.6 Å². The molecule has 1 amide bonds. The fourth-order valence-corrected chi connectivity index (χ4v) is 4.09. The van der Waals surface area contributed by atoms with Crippen molar-refractivity contribution in [3.63, 3.8) is 0 Å². The van der Waals surface area contributed by atoms with Gasteiger partial charge >= 0.3 is 0 Å². The number of nitro groups is 1. The maximum Gasteiger partial charge on any atom is 0.271 e. The molecule has 7 nitrogen and oxygen atoms in total. The van der Waals surface area contributed by atoms with Crippen LogP contribution in [-0.2, 0) is 4.79 Å². The fourth-order valence-electron chi connectivity index (χ4n) is 2.80. The summed E-state index contributed by atoms with van der Waals surface area (Å²) in [4.78, 5) is 30.9. The van der Waals surface area contributed by atoms with E-state index in [-0.39, 0.29) is 17.8 Å². The van der Waals surface area contributed by atoms with Crippen LogP contribution in [0.25, 0.3) is 0 Å². The van der Waals surface area contributed by atoms with Crippen LogP contribution in [0.1, 0.15) is 6.92 Å². The second-order valence-electron chi connectivity index (χ2n) is 5.94. The molecule has 9 heteroatoms. The average molecular weight is 405 g/mol. The topological polar surface area (TPSA) is 79.0 Å². The van der Waals surface area contributed by atoms with Crippen molar-refractivity contribution in [3.05, 3.63) is 63.7 Å². The maximum atomic E-state index is 12.3. The predicted octanol–water partition coefficient (Wildman–Crippen LogP) is 4.29. The molecular formula is C18H17ClN4O3S. The monoisotopic (exact) mass is 404 g/mol. The van der Waals surface area contributed by atoms with Gasteiger partial charge in [-0.05, 0) is 30.3 Å². The molecule has 1 fully saturated rings. The zero-order valence-electron chi connectivity index (χ0n) is 14.7. The van der Waals surface area contributed by atoms with E-state index in [1.165, 1.54) is 30.8 Å². The molecule has 0 bridgehead atoms. The molecule has 0 radical (unpaired) electrons. The lowest BCUT2D eigenvalue weighted by Gasteiger charge is -2.32. The van der Waals surface area contributed by atoms with E-state index in [1.54, 1.807) is 41.3 Å². The van der Waals surface area contributed by atoms with Crippen LogP contribution in [0.5, 0.6) is 0 Å². The van der Waals surface area contributed by atoms with Gasteiger partial charge in [0.15, 0.2) is 5.17 Å². The number of aliphatic imine (C=N–C) groups is 1. The molecule has 1 unspecified atom stereocenters. The predicted molar refractivity (Wildman–Crippen MR) is 109 cm³/mol. The molecule has 2 aromatic carbocycles. The van der Waals surface area contributed by atoms with Crippen LogP contribution in [-0.4, -0.2) is 39.9 Å². The number of amides is 1. The quantitative estimate of drug-likeness (QED) is 0.561. The summed E-state index contributed by atoms with van der Waals surface area (Å²) in [5.41, 5.74) is 1.24. The van der Waals surface area contributed by atoms with Gasteiger partial charge < -0.3 is 4.90 Å². The van der Waals surface area contributed by atoms with Crippen molar-refractivity contribution in [1.82, 2.24) is 4.90 Å². The fraction of sp³-hybridized carbons (Fsp3) is 0.222. The van der Waals surface area contributed by atoms with Crippen molar-refractivity contribution < 1.29 is 9.72 Å². The molecule has 0 spiro atoms. The second kappa shape index (κ2) is 7.98. The number of rotatable bonds is 4. The minimum Gasteiger partial charge on any atom is -0.333 e. The number of thioether (sulfide) groups is 1. The Bertz CT molecular complexity index is 904. The molecule has 0 N–H and O–H groups in total. The van der Waals surface area contributed by atoms with Crippen LogP contribution in [0.2, 0.25) is 5.02 Å². The van der Waals surface area contributed by atoms with Crippen molar-refractivity contribution in [1.29, 1.82) is 0 Å². The number of carbonyl (C=O) groups excluding carboxylic acids is 1. The molecule has 1 atom stereocenters. The Morgan fingerprint density at radius 1 is 1.33 bits per heavy atom. The van der Waals surface area contributed by atoms with Gasteiger partial charge in [0.1, 0.15) is 6.17 Å². The Morgan fingerprint density at radius 3 is 2.67 bits per heavy atom. The first-order valence-electron chi connectivity index (χ1n) is 8.11. The molecule has 2 aromatic rings. The largest absolute Gasteiger partial charge is 0.333 e. The zero-order valence-corrected chi connectivity index (χ0v) is 16.3. The highest BCUT2D eigenvalue weighted by molar-refractivity contribution is 8.14. The first kappa shape index (κ1) is 19.2. The van der Waals surface area contributed by atoms with Crippen LogP contribution < -0.4 is 4.90 Å². The van der Waals surface area contributed by atoms with Gasteiger partial charge in [-0.1, -0.05) is 29.4 Å². The number of hydrogen-bond donors (Lipinski definition) is 0. The van der Waals surface area contributed by atoms with Crippen molar-refractivity contribution in [2.75, 3.05) is 17.7 Å². The highest BCUT2D eigenvalue weighted by Gasteiger charge is 2.34. The summed E-state index contributed by atoms with van der Waals surface area (Å²) in [7, 11) is 1.85. The number of nitrogens with zero attached hydrogens (tertiary/aromatic N) is 4. The Labute approximate surface area is 165 Å². The van der Waals surface area contributed by atoms with E-state index in [0.717, 1.165) is 5.69 Å². The number of benzene rings is 2. The summed E-state index contributed by atoms with van der Waals surface area (Å²) in [6.45, 7) is 1.52. The number of nitro benzene ring substituents is 1. The lowest BCUT2D eigenvalue weighted by molar-refractivity contribution is -0.384. The van der Waals surface area contributed by atoms with Gasteiger partial charge in [0.25, 0.3) is 5.69 Å². The molecule has 1 saturated heterocycles. The minimum atomic E-state index is -0.448. The SMILES string of the molecule is CC(=O)N(c1ccc(Cl)cc1)C1CSC(=Nc2cccc([N+](=O)[O-])c2)N1C. The molecule has 27 heavy (non-hydrogen) atoms. The van der Waals surface area contributed by atoms with E-state index in [4.69, 9.17) is 11.6 Å². The number of non-ortho nitro benzene ring substituents is 1. The van der Waals surface area contributed by atoms with Gasteiger partial charge in [-0.3, -0.25) is 19.8 Å². The molecule has 3 rings (SSSR count). The molecule has 0 saturated carbocycles. The summed E-state index contributed by atoms with van der Waals surface area (Å²) in [5.74, 6) is 0.540. The Morgan fingerprint density at radius 2 is 2.04 bits per heavy atom. The molecule has 1 heterocycles.